The van der Waals surface area contributed by atoms with Gasteiger partial charge in [-0.1, -0.05) is 0 Å². The number of anilines is 1. The van der Waals surface area contributed by atoms with Crippen molar-refractivity contribution in [3.63, 3.8) is 0 Å². The van der Waals surface area contributed by atoms with Gasteiger partial charge in [0.1, 0.15) is 12.2 Å². The molecule has 1 amide bonds. The molecular weight excluding hydrogens is 232 g/mol. The number of nitrogens with zero attached hydrogens (tertiary/aromatic N) is 4. The van der Waals surface area contributed by atoms with E-state index in [-0.39, 0.29) is 5.91 Å². The second-order valence-electron chi connectivity index (χ2n) is 3.76. The molecule has 7 heteroatoms. The minimum Gasteiger partial charge on any atom is -0.386 e. The third kappa shape index (κ3) is 2.45. The van der Waals surface area contributed by atoms with Crippen molar-refractivity contribution in [1.29, 1.82) is 0 Å². The molecule has 0 aromatic carbocycles. The summed E-state index contributed by atoms with van der Waals surface area (Å²) < 4.78 is 0. The van der Waals surface area contributed by atoms with Gasteiger partial charge < -0.3 is 10.2 Å². The molecule has 2 aromatic heterocycles. The molecule has 0 fully saturated rings. The number of amides is 1. The molecule has 2 heterocycles. The second kappa shape index (κ2) is 5.26. The van der Waals surface area contributed by atoms with Gasteiger partial charge in [0.15, 0.2) is 0 Å². The Kier molecular flexibility index (Phi) is 3.52. The Morgan fingerprint density at radius 1 is 1.56 bits per heavy atom. The van der Waals surface area contributed by atoms with Gasteiger partial charge in [0.25, 0.3) is 5.91 Å². The summed E-state index contributed by atoms with van der Waals surface area (Å²) in [6, 6.07) is 1.69. The van der Waals surface area contributed by atoms with Gasteiger partial charge >= 0.3 is 0 Å². The summed E-state index contributed by atoms with van der Waals surface area (Å²) in [5, 5.41) is 9.41. The quantitative estimate of drug-likeness (QED) is 0.821. The number of hydrogen-bond acceptors (Lipinski definition) is 5. The standard InChI is InChI=1S/C11H14N6O/c1-12-9-5-13-4-3-8(9)11(18)17(2)6-10-14-7-15-16-10/h3-5,7,12H,6H2,1-2H3,(H,14,15,16). The van der Waals surface area contributed by atoms with E-state index in [9.17, 15) is 4.79 Å². The fourth-order valence-corrected chi connectivity index (χ4v) is 1.59. The highest BCUT2D eigenvalue weighted by Crippen LogP contribution is 2.15. The zero-order valence-electron chi connectivity index (χ0n) is 10.2. The number of carbonyl (C=O) groups is 1. The highest BCUT2D eigenvalue weighted by atomic mass is 16.2. The van der Waals surface area contributed by atoms with Crippen molar-refractivity contribution in [2.24, 2.45) is 0 Å². The summed E-state index contributed by atoms with van der Waals surface area (Å²) in [6.45, 7) is 0.379. The van der Waals surface area contributed by atoms with Crippen molar-refractivity contribution >= 4 is 11.6 Å². The third-order valence-electron chi connectivity index (χ3n) is 2.52. The second-order valence-corrected chi connectivity index (χ2v) is 3.76. The maximum atomic E-state index is 12.2. The summed E-state index contributed by atoms with van der Waals surface area (Å²) >= 11 is 0. The zero-order valence-corrected chi connectivity index (χ0v) is 10.2. The Bertz CT molecular complexity index is 524. The molecule has 0 unspecified atom stereocenters. The summed E-state index contributed by atoms with van der Waals surface area (Å²) in [5.41, 5.74) is 1.28. The Balaban J connectivity index is 2.15. The van der Waals surface area contributed by atoms with Crippen LogP contribution in [0.5, 0.6) is 0 Å². The molecule has 0 radical (unpaired) electrons. The molecule has 0 bridgehead atoms. The molecule has 0 aliphatic rings. The molecule has 0 atom stereocenters. The van der Waals surface area contributed by atoms with Crippen LogP contribution in [0.2, 0.25) is 0 Å². The maximum Gasteiger partial charge on any atom is 0.256 e. The van der Waals surface area contributed by atoms with Crippen molar-refractivity contribution in [3.05, 3.63) is 36.2 Å². The molecule has 0 saturated carbocycles. The van der Waals surface area contributed by atoms with Crippen molar-refractivity contribution in [2.45, 2.75) is 6.54 Å². The van der Waals surface area contributed by atoms with E-state index >= 15 is 0 Å². The topological polar surface area (TPSA) is 86.8 Å². The van der Waals surface area contributed by atoms with Gasteiger partial charge in [-0.2, -0.15) is 5.10 Å². The van der Waals surface area contributed by atoms with E-state index in [1.807, 2.05) is 0 Å². The minimum absolute atomic E-state index is 0.0989. The fraction of sp³-hybridized carbons (Fsp3) is 0.273. The van der Waals surface area contributed by atoms with Gasteiger partial charge in [-0.25, -0.2) is 4.98 Å². The predicted octanol–water partition coefficient (Wildman–Crippen LogP) is 0.514. The van der Waals surface area contributed by atoms with Crippen LogP contribution < -0.4 is 5.32 Å². The summed E-state index contributed by atoms with van der Waals surface area (Å²) in [6.07, 6.45) is 4.63. The van der Waals surface area contributed by atoms with E-state index in [0.717, 1.165) is 0 Å². The van der Waals surface area contributed by atoms with Gasteiger partial charge in [0.2, 0.25) is 0 Å². The largest absolute Gasteiger partial charge is 0.386 e. The van der Waals surface area contributed by atoms with Gasteiger partial charge in [0.05, 0.1) is 24.0 Å². The highest BCUT2D eigenvalue weighted by molar-refractivity contribution is 5.99. The Morgan fingerprint density at radius 3 is 3.06 bits per heavy atom. The highest BCUT2D eigenvalue weighted by Gasteiger charge is 2.16. The SMILES string of the molecule is CNc1cnccc1C(=O)N(C)Cc1ncn[nH]1. The van der Waals surface area contributed by atoms with Crippen molar-refractivity contribution in [1.82, 2.24) is 25.1 Å². The number of carbonyl (C=O) groups excluding carboxylic acids is 1. The normalized spacial score (nSPS) is 10.1. The Morgan fingerprint density at radius 2 is 2.39 bits per heavy atom. The van der Waals surface area contributed by atoms with E-state index in [0.29, 0.717) is 23.6 Å². The van der Waals surface area contributed by atoms with E-state index < -0.39 is 0 Å². The first kappa shape index (κ1) is 12.0. The van der Waals surface area contributed by atoms with Crippen molar-refractivity contribution in [3.8, 4) is 0 Å². The monoisotopic (exact) mass is 246 g/mol. The average Bonchev–Trinajstić information content (AvgIpc) is 2.90. The Labute approximate surface area is 104 Å². The van der Waals surface area contributed by atoms with Crippen LogP contribution in [0.25, 0.3) is 0 Å². The molecule has 2 aromatic rings. The van der Waals surface area contributed by atoms with Crippen LogP contribution in [0.1, 0.15) is 16.2 Å². The number of nitrogens with one attached hydrogen (secondary N) is 2. The van der Waals surface area contributed by atoms with Gasteiger partial charge in [0, 0.05) is 20.3 Å². The number of hydrogen-bond donors (Lipinski definition) is 2. The first-order chi connectivity index (χ1) is 8.72. The lowest BCUT2D eigenvalue weighted by molar-refractivity contribution is 0.0782. The molecule has 2 N–H and O–H groups in total. The predicted molar refractivity (Wildman–Crippen MR) is 66.0 cm³/mol. The average molecular weight is 246 g/mol. The molecule has 0 saturated heterocycles. The van der Waals surface area contributed by atoms with E-state index in [1.54, 1.807) is 37.5 Å². The van der Waals surface area contributed by atoms with Gasteiger partial charge in [-0.3, -0.25) is 14.9 Å². The van der Waals surface area contributed by atoms with Gasteiger partial charge in [-0.05, 0) is 6.07 Å². The van der Waals surface area contributed by atoms with Crippen molar-refractivity contribution in [2.75, 3.05) is 19.4 Å². The first-order valence-electron chi connectivity index (χ1n) is 5.44. The lowest BCUT2D eigenvalue weighted by Gasteiger charge is -2.17. The van der Waals surface area contributed by atoms with E-state index in [1.165, 1.54) is 6.33 Å². The molecule has 94 valence electrons. The van der Waals surface area contributed by atoms with Crippen LogP contribution in [0.3, 0.4) is 0 Å². The smallest absolute Gasteiger partial charge is 0.256 e. The summed E-state index contributed by atoms with van der Waals surface area (Å²) in [5.74, 6) is 0.545. The number of aromatic amines is 1. The van der Waals surface area contributed by atoms with Crippen LogP contribution >= 0.6 is 0 Å². The minimum atomic E-state index is -0.0989. The lowest BCUT2D eigenvalue weighted by Crippen LogP contribution is -2.27. The van der Waals surface area contributed by atoms with Crippen LogP contribution in [0.15, 0.2) is 24.8 Å². The van der Waals surface area contributed by atoms with Crippen LogP contribution in [0.4, 0.5) is 5.69 Å². The molecule has 0 aliphatic carbocycles. The Hall–Kier alpha value is -2.44. The summed E-state index contributed by atoms with van der Waals surface area (Å²) in [4.78, 5) is 21.8. The molecule has 7 nitrogen and oxygen atoms in total. The van der Waals surface area contributed by atoms with Gasteiger partial charge in [-0.15, -0.1) is 0 Å². The molecule has 2 rings (SSSR count). The number of H-pyrrole nitrogens is 1. The number of aromatic nitrogens is 4. The number of pyridine rings is 1. The van der Waals surface area contributed by atoms with Crippen LogP contribution in [0, 0.1) is 0 Å². The van der Waals surface area contributed by atoms with Crippen LogP contribution in [-0.4, -0.2) is 45.1 Å². The van der Waals surface area contributed by atoms with Crippen molar-refractivity contribution < 1.29 is 4.79 Å². The first-order valence-corrected chi connectivity index (χ1v) is 5.44. The fourth-order valence-electron chi connectivity index (χ4n) is 1.59. The summed E-state index contributed by atoms with van der Waals surface area (Å²) in [7, 11) is 3.47. The van der Waals surface area contributed by atoms with Crippen LogP contribution in [-0.2, 0) is 6.54 Å². The zero-order chi connectivity index (χ0) is 13.0. The lowest BCUT2D eigenvalue weighted by atomic mass is 10.2. The van der Waals surface area contributed by atoms with E-state index in [2.05, 4.69) is 25.5 Å². The maximum absolute atomic E-state index is 12.2. The third-order valence-corrected chi connectivity index (χ3v) is 2.52. The molecule has 0 aliphatic heterocycles. The number of rotatable bonds is 4. The molecule has 18 heavy (non-hydrogen) atoms. The molecule has 0 spiro atoms. The van der Waals surface area contributed by atoms with E-state index in [4.69, 9.17) is 0 Å². The molecular formula is C11H14N6O.